The van der Waals surface area contributed by atoms with Gasteiger partial charge in [-0.2, -0.15) is 0 Å². The van der Waals surface area contributed by atoms with Gasteiger partial charge in [0, 0.05) is 18.7 Å². The van der Waals surface area contributed by atoms with E-state index in [1.807, 2.05) is 18.2 Å². The van der Waals surface area contributed by atoms with Crippen LogP contribution in [0, 0.1) is 0 Å². The third kappa shape index (κ3) is 7.42. The van der Waals surface area contributed by atoms with E-state index in [9.17, 15) is 18.7 Å². The Hall–Kier alpha value is -2.83. The summed E-state index contributed by atoms with van der Waals surface area (Å²) in [7, 11) is 0. The molecule has 1 atom stereocenters. The number of halogens is 2. The van der Waals surface area contributed by atoms with Crippen LogP contribution in [0.2, 0.25) is 0 Å². The normalized spacial score (nSPS) is 11.8. The Kier molecular flexibility index (Phi) is 8.52. The molecule has 0 aliphatic heterocycles. The Morgan fingerprint density at radius 1 is 1.11 bits per heavy atom. The lowest BCUT2D eigenvalue weighted by Crippen LogP contribution is -2.13. The Labute approximate surface area is 163 Å². The summed E-state index contributed by atoms with van der Waals surface area (Å²) in [6.45, 7) is -0.368. The van der Waals surface area contributed by atoms with Crippen molar-refractivity contribution in [2.45, 2.75) is 44.8 Å². The Bertz CT molecular complexity index is 754. The Morgan fingerprint density at radius 2 is 1.86 bits per heavy atom. The van der Waals surface area contributed by atoms with Crippen molar-refractivity contribution >= 4 is 23.0 Å². The molecule has 0 unspecified atom stereocenters. The van der Waals surface area contributed by atoms with Gasteiger partial charge in [0.2, 0.25) is 5.91 Å². The van der Waals surface area contributed by atoms with E-state index in [0.29, 0.717) is 43.6 Å². The number of anilines is 3. The zero-order valence-electron chi connectivity index (χ0n) is 15.8. The molecule has 0 radical (unpaired) electrons. The highest BCUT2D eigenvalue weighted by molar-refractivity contribution is 5.94. The summed E-state index contributed by atoms with van der Waals surface area (Å²) in [5.41, 5.74) is 8.84. The van der Waals surface area contributed by atoms with Crippen LogP contribution in [0.4, 0.5) is 25.8 Å². The largest absolute Gasteiger partial charge is 0.508 e. The summed E-state index contributed by atoms with van der Waals surface area (Å²) >= 11 is 0. The molecule has 5 N–H and O–H groups in total. The maximum atomic E-state index is 12.8. The lowest BCUT2D eigenvalue weighted by molar-refractivity contribution is -0.116. The van der Waals surface area contributed by atoms with Gasteiger partial charge < -0.3 is 21.5 Å². The standard InChI is InChI=1S/C21H27F2N3O2/c22-13-16(23)4-2-1-3-5-21(28)26-20-11-8-17(12-19(20)24)25-14-15-6-9-18(27)10-7-15/h6-12,16,25,27H,1-5,13-14,24H2,(H,26,28)/t16-/m0/s1. The molecular weight excluding hydrogens is 364 g/mol. The van der Waals surface area contributed by atoms with Gasteiger partial charge in [-0.05, 0) is 48.7 Å². The fourth-order valence-electron chi connectivity index (χ4n) is 2.72. The number of benzene rings is 2. The molecule has 1 amide bonds. The van der Waals surface area contributed by atoms with Crippen molar-refractivity contribution in [2.24, 2.45) is 0 Å². The lowest BCUT2D eigenvalue weighted by atomic mass is 10.1. The monoisotopic (exact) mass is 391 g/mol. The first-order valence-corrected chi connectivity index (χ1v) is 9.39. The second kappa shape index (κ2) is 11.1. The predicted octanol–water partition coefficient (Wildman–Crippen LogP) is 4.78. The van der Waals surface area contributed by atoms with Crippen LogP contribution in [0.5, 0.6) is 5.75 Å². The number of rotatable bonds is 11. The molecular formula is C21H27F2N3O2. The van der Waals surface area contributed by atoms with Gasteiger partial charge in [0.05, 0.1) is 11.4 Å². The van der Waals surface area contributed by atoms with E-state index in [-0.39, 0.29) is 18.1 Å². The maximum absolute atomic E-state index is 12.8. The van der Waals surface area contributed by atoms with Gasteiger partial charge in [0.1, 0.15) is 18.6 Å². The SMILES string of the molecule is Nc1cc(NCc2ccc(O)cc2)ccc1NC(=O)CCCCC[C@H](F)CF. The number of aromatic hydroxyl groups is 1. The van der Waals surface area contributed by atoms with Crippen molar-refractivity contribution in [3.63, 3.8) is 0 Å². The topological polar surface area (TPSA) is 87.4 Å². The molecule has 0 aromatic heterocycles. The minimum atomic E-state index is -1.39. The summed E-state index contributed by atoms with van der Waals surface area (Å²) < 4.78 is 24.8. The minimum Gasteiger partial charge on any atom is -0.508 e. The van der Waals surface area contributed by atoms with Crippen molar-refractivity contribution in [3.05, 3.63) is 48.0 Å². The molecule has 0 aliphatic carbocycles. The van der Waals surface area contributed by atoms with Crippen LogP contribution < -0.4 is 16.4 Å². The van der Waals surface area contributed by atoms with Crippen molar-refractivity contribution in [2.75, 3.05) is 23.0 Å². The molecule has 0 spiro atoms. The first-order valence-electron chi connectivity index (χ1n) is 9.39. The summed E-state index contributed by atoms with van der Waals surface area (Å²) in [6, 6.07) is 12.2. The number of amides is 1. The molecule has 2 rings (SSSR count). The first kappa shape index (κ1) is 21.5. The van der Waals surface area contributed by atoms with Gasteiger partial charge in [-0.15, -0.1) is 0 Å². The number of nitrogens with two attached hydrogens (primary N) is 1. The molecule has 0 saturated carbocycles. The maximum Gasteiger partial charge on any atom is 0.224 e. The number of unbranched alkanes of at least 4 members (excludes halogenated alkanes) is 2. The quantitative estimate of drug-likeness (QED) is 0.328. The molecule has 2 aromatic carbocycles. The summed E-state index contributed by atoms with van der Waals surface area (Å²) in [4.78, 5) is 12.0. The average Bonchev–Trinajstić information content (AvgIpc) is 2.69. The molecule has 28 heavy (non-hydrogen) atoms. The Balaban J connectivity index is 1.75. The highest BCUT2D eigenvalue weighted by Gasteiger charge is 2.08. The van der Waals surface area contributed by atoms with Gasteiger partial charge in [-0.3, -0.25) is 4.79 Å². The number of carbonyl (C=O) groups excluding carboxylic acids is 1. The van der Waals surface area contributed by atoms with Crippen LogP contribution in [0.25, 0.3) is 0 Å². The minimum absolute atomic E-state index is 0.154. The predicted molar refractivity (Wildman–Crippen MR) is 109 cm³/mol. The number of alkyl halides is 2. The number of nitrogen functional groups attached to an aromatic ring is 1. The van der Waals surface area contributed by atoms with E-state index >= 15 is 0 Å². The second-order valence-electron chi connectivity index (χ2n) is 6.72. The van der Waals surface area contributed by atoms with Gasteiger partial charge in [-0.1, -0.05) is 25.0 Å². The molecule has 0 heterocycles. The number of nitrogens with one attached hydrogen (secondary N) is 2. The highest BCUT2D eigenvalue weighted by Crippen LogP contribution is 2.24. The second-order valence-corrected chi connectivity index (χ2v) is 6.72. The van der Waals surface area contributed by atoms with Gasteiger partial charge in [0.25, 0.3) is 0 Å². The molecule has 0 saturated heterocycles. The van der Waals surface area contributed by atoms with Crippen LogP contribution in [0.3, 0.4) is 0 Å². The smallest absolute Gasteiger partial charge is 0.224 e. The molecule has 7 heteroatoms. The van der Waals surface area contributed by atoms with Crippen LogP contribution in [0.1, 0.15) is 37.7 Å². The molecule has 0 aliphatic rings. The van der Waals surface area contributed by atoms with E-state index in [1.54, 1.807) is 24.3 Å². The van der Waals surface area contributed by atoms with Gasteiger partial charge in [0.15, 0.2) is 0 Å². The summed E-state index contributed by atoms with van der Waals surface area (Å²) in [5.74, 6) is 0.0678. The average molecular weight is 391 g/mol. The van der Waals surface area contributed by atoms with Crippen molar-refractivity contribution in [1.82, 2.24) is 0 Å². The van der Waals surface area contributed by atoms with Crippen LogP contribution >= 0.6 is 0 Å². The summed E-state index contributed by atoms with van der Waals surface area (Å²) in [6.07, 6.45) is 0.994. The first-order chi connectivity index (χ1) is 13.5. The van der Waals surface area contributed by atoms with Crippen LogP contribution in [0.15, 0.2) is 42.5 Å². The fraction of sp³-hybridized carbons (Fsp3) is 0.381. The van der Waals surface area contributed by atoms with E-state index in [0.717, 1.165) is 11.3 Å². The number of carbonyl (C=O) groups is 1. The number of phenols is 1. The third-order valence-electron chi connectivity index (χ3n) is 4.35. The number of phenolic OH excluding ortho intramolecular Hbond substituents is 1. The molecule has 0 fully saturated rings. The summed E-state index contributed by atoms with van der Waals surface area (Å²) in [5, 5.41) is 15.3. The van der Waals surface area contributed by atoms with Crippen molar-refractivity contribution in [1.29, 1.82) is 0 Å². The van der Waals surface area contributed by atoms with E-state index in [2.05, 4.69) is 10.6 Å². The van der Waals surface area contributed by atoms with Gasteiger partial charge in [-0.25, -0.2) is 8.78 Å². The zero-order valence-corrected chi connectivity index (χ0v) is 15.8. The Morgan fingerprint density at radius 3 is 2.54 bits per heavy atom. The van der Waals surface area contributed by atoms with E-state index in [1.165, 1.54) is 0 Å². The highest BCUT2D eigenvalue weighted by atomic mass is 19.2. The van der Waals surface area contributed by atoms with Crippen molar-refractivity contribution < 1.29 is 18.7 Å². The van der Waals surface area contributed by atoms with Crippen LogP contribution in [-0.4, -0.2) is 23.9 Å². The third-order valence-corrected chi connectivity index (χ3v) is 4.35. The van der Waals surface area contributed by atoms with E-state index < -0.39 is 12.8 Å². The number of hydrogen-bond acceptors (Lipinski definition) is 4. The molecule has 0 bridgehead atoms. The zero-order chi connectivity index (χ0) is 20.4. The molecule has 5 nitrogen and oxygen atoms in total. The fourth-order valence-corrected chi connectivity index (χ4v) is 2.72. The molecule has 152 valence electrons. The lowest BCUT2D eigenvalue weighted by Gasteiger charge is -2.12. The van der Waals surface area contributed by atoms with Gasteiger partial charge >= 0.3 is 0 Å². The molecule has 2 aromatic rings. The van der Waals surface area contributed by atoms with Crippen molar-refractivity contribution in [3.8, 4) is 5.75 Å². The van der Waals surface area contributed by atoms with Crippen LogP contribution in [-0.2, 0) is 11.3 Å². The van der Waals surface area contributed by atoms with E-state index in [4.69, 9.17) is 5.73 Å². The number of hydrogen-bond donors (Lipinski definition) is 4.